The van der Waals surface area contributed by atoms with Crippen LogP contribution in [0.25, 0.3) is 22.3 Å². The number of nitrogen functional groups attached to an aromatic ring is 2. The van der Waals surface area contributed by atoms with E-state index in [1.165, 1.54) is 26.6 Å². The van der Waals surface area contributed by atoms with Gasteiger partial charge in [-0.3, -0.25) is 27.3 Å². The number of phosphoric acid groups is 1. The minimum atomic E-state index is -5.63. The molecule has 292 valence electrons. The summed E-state index contributed by atoms with van der Waals surface area (Å²) in [4.78, 5) is 65.3. The van der Waals surface area contributed by atoms with Gasteiger partial charge in [-0.25, -0.2) is 43.3 Å². The molecule has 28 nitrogen and oxygen atoms in total. The zero-order chi connectivity index (χ0) is 38.7. The molecule has 0 radical (unpaired) electrons. The molecule has 4 aromatic heterocycles. The minimum Gasteiger partial charge on any atom is -0.387 e. The molecule has 0 spiro atoms. The molecular formula is C21H31N11O17P4. The van der Waals surface area contributed by atoms with Crippen LogP contribution in [0.3, 0.4) is 0 Å². The smallest absolute Gasteiger partial charge is 0.387 e. The Hall–Kier alpha value is -2.94. The third-order valence-electron chi connectivity index (χ3n) is 7.70. The topological polar surface area (TPSA) is 428 Å². The van der Waals surface area contributed by atoms with Crippen molar-refractivity contribution in [3.63, 3.8) is 0 Å². The first-order valence-corrected chi connectivity index (χ1v) is 21.3. The van der Waals surface area contributed by atoms with Crippen LogP contribution in [0.4, 0.5) is 11.6 Å². The van der Waals surface area contributed by atoms with Crippen LogP contribution in [0.15, 0.2) is 25.3 Å². The molecule has 53 heavy (non-hydrogen) atoms. The van der Waals surface area contributed by atoms with Crippen LogP contribution in [-0.2, 0) is 41.1 Å². The zero-order valence-corrected chi connectivity index (χ0v) is 29.9. The zero-order valence-electron chi connectivity index (χ0n) is 26.3. The molecule has 0 aromatic carbocycles. The van der Waals surface area contributed by atoms with Crippen LogP contribution in [0, 0.1) is 0 Å². The molecule has 4 aromatic rings. The normalized spacial score (nSPS) is 30.9. The van der Waals surface area contributed by atoms with Crippen LogP contribution in [-0.4, -0.2) is 135 Å². The van der Waals surface area contributed by atoms with Gasteiger partial charge in [0.2, 0.25) is 0 Å². The van der Waals surface area contributed by atoms with E-state index in [0.717, 1.165) is 12.7 Å². The second kappa shape index (κ2) is 14.6. The van der Waals surface area contributed by atoms with Crippen molar-refractivity contribution >= 4 is 64.6 Å². The average Bonchev–Trinajstić information content (AvgIpc) is 3.80. The van der Waals surface area contributed by atoms with Gasteiger partial charge in [0.05, 0.1) is 25.9 Å². The minimum absolute atomic E-state index is 0.00206. The lowest BCUT2D eigenvalue weighted by Gasteiger charge is -2.23. The Morgan fingerprint density at radius 1 is 0.698 bits per heavy atom. The van der Waals surface area contributed by atoms with Gasteiger partial charge in [-0.2, -0.15) is 0 Å². The van der Waals surface area contributed by atoms with Crippen LogP contribution >= 0.6 is 30.7 Å². The van der Waals surface area contributed by atoms with Gasteiger partial charge in [-0.1, -0.05) is 0 Å². The molecule has 2 aliphatic rings. The summed E-state index contributed by atoms with van der Waals surface area (Å²) in [6.07, 6.45) is -8.10. The Kier molecular flexibility index (Phi) is 11.0. The number of nitrogens with two attached hydrogens (primary N) is 2. The summed E-state index contributed by atoms with van der Waals surface area (Å²) in [5, 5.41) is 41.9. The number of imidazole rings is 2. The van der Waals surface area contributed by atoms with E-state index in [0.29, 0.717) is 0 Å². The molecule has 0 aliphatic carbocycles. The Balaban J connectivity index is 1.01. The number of phosphoric ester groups is 1. The van der Waals surface area contributed by atoms with Crippen LogP contribution in [0.5, 0.6) is 0 Å². The van der Waals surface area contributed by atoms with Crippen LogP contribution in [0.1, 0.15) is 12.5 Å². The van der Waals surface area contributed by atoms with E-state index in [2.05, 4.69) is 38.7 Å². The summed E-state index contributed by atoms with van der Waals surface area (Å²) in [5.41, 5.74) is 12.0. The number of anilines is 2. The standard InChI is InChI=1S/C21H31N11O17P4/c22-16-10-18(26-3-24-16)31(5-28-10)20-14(35)12(33)8(47-20)1-45-52(41,42)30-50(37,38)7-51(39,40)49-53(43,44)46-2-9-13(34)15(36)21(48-9)32-6-29-11-17(23)25-4-27-19(11)32/h3-6,8-9,12-15,20-21,33-36H,1-2,7H2,(H,39,40)(H,43,44)(H2,22,24,26)(H2,23,25,27)(H3,30,37,38,41,42)/t8-,9-,12-,13-,14-,15-,20-,21?/m0/s1. The SMILES string of the molecule is Nc1ncnc2c1ncn2C1O[C@@H](COP(=O)(O)OP(=O)(O)CP(=O)(O)NP(=O)(O)OC[C@@H]2O[C@H](n3cnc4c(N)ncnc43)[C@@H](O)[C@H]2O)[C@H](O)[C@@H]1O. The number of rotatable bonds is 14. The summed E-state index contributed by atoms with van der Waals surface area (Å²) in [6, 6.07) is 0. The number of aliphatic hydroxyl groups is 4. The fourth-order valence-corrected chi connectivity index (χ4v) is 12.8. The fourth-order valence-electron chi connectivity index (χ4n) is 5.36. The lowest BCUT2D eigenvalue weighted by Crippen LogP contribution is -2.34. The monoisotopic (exact) mass is 833 g/mol. The summed E-state index contributed by atoms with van der Waals surface area (Å²) >= 11 is 0. The number of hydrogen-bond donors (Lipinski definition) is 11. The fraction of sp³-hybridized carbons (Fsp3) is 0.524. The molecule has 32 heteroatoms. The van der Waals surface area contributed by atoms with Gasteiger partial charge in [0, 0.05) is 0 Å². The Labute approximate surface area is 294 Å². The first-order chi connectivity index (χ1) is 24.7. The predicted molar refractivity (Wildman–Crippen MR) is 172 cm³/mol. The summed E-state index contributed by atoms with van der Waals surface area (Å²) in [7, 11) is -22.1. The molecule has 2 saturated heterocycles. The van der Waals surface area contributed by atoms with Crippen molar-refractivity contribution in [2.75, 3.05) is 30.6 Å². The molecule has 2 aliphatic heterocycles. The molecule has 5 unspecified atom stereocenters. The van der Waals surface area contributed by atoms with Gasteiger partial charge < -0.3 is 60.9 Å². The van der Waals surface area contributed by atoms with Crippen molar-refractivity contribution in [1.29, 1.82) is 0 Å². The van der Waals surface area contributed by atoms with Gasteiger partial charge in [0.1, 0.15) is 66.2 Å². The molecule has 12 atom stereocenters. The highest BCUT2D eigenvalue weighted by atomic mass is 31.3. The highest BCUT2D eigenvalue weighted by molar-refractivity contribution is 7.79. The van der Waals surface area contributed by atoms with Gasteiger partial charge in [0.15, 0.2) is 35.4 Å². The molecule has 0 saturated carbocycles. The molecule has 0 bridgehead atoms. The average molecular weight is 833 g/mol. The third-order valence-corrected chi connectivity index (χ3v) is 15.7. The van der Waals surface area contributed by atoms with Gasteiger partial charge >= 0.3 is 23.2 Å². The highest BCUT2D eigenvalue weighted by Crippen LogP contribution is 2.67. The third kappa shape index (κ3) is 8.50. The van der Waals surface area contributed by atoms with Crippen LogP contribution < -0.4 is 16.3 Å². The van der Waals surface area contributed by atoms with E-state index in [4.69, 9.17) is 25.5 Å². The number of nitrogens with one attached hydrogen (secondary N) is 1. The Morgan fingerprint density at radius 2 is 1.15 bits per heavy atom. The van der Waals surface area contributed by atoms with Crippen molar-refractivity contribution in [3.8, 4) is 0 Å². The maximum atomic E-state index is 12.7. The van der Waals surface area contributed by atoms with Gasteiger partial charge in [-0.05, 0) is 0 Å². The second-order valence-corrected chi connectivity index (χ2v) is 19.3. The molecule has 2 fully saturated rings. The van der Waals surface area contributed by atoms with Crippen molar-refractivity contribution in [3.05, 3.63) is 25.3 Å². The summed E-state index contributed by atoms with van der Waals surface area (Å²) in [5.74, 6) is -1.93. The van der Waals surface area contributed by atoms with E-state index in [1.54, 1.807) is 0 Å². The number of nitrogens with zero attached hydrogens (tertiary/aromatic N) is 8. The Morgan fingerprint density at radius 3 is 1.62 bits per heavy atom. The molecule has 0 amide bonds. The molecule has 13 N–H and O–H groups in total. The lowest BCUT2D eigenvalue weighted by atomic mass is 10.1. The van der Waals surface area contributed by atoms with E-state index >= 15 is 0 Å². The number of hydrogen-bond acceptors (Lipinski definition) is 21. The number of aromatic nitrogens is 8. The maximum absolute atomic E-state index is 12.7. The number of aliphatic hydroxyl groups excluding tert-OH is 4. The predicted octanol–water partition coefficient (Wildman–Crippen LogP) is -2.76. The van der Waals surface area contributed by atoms with Crippen molar-refractivity contribution in [2.24, 2.45) is 0 Å². The van der Waals surface area contributed by atoms with E-state index in [1.807, 2.05) is 0 Å². The highest BCUT2D eigenvalue weighted by Gasteiger charge is 2.49. The summed E-state index contributed by atoms with van der Waals surface area (Å²) in [6.45, 7) is -2.03. The number of ether oxygens (including phenoxy) is 2. The second-order valence-electron chi connectivity index (χ2n) is 11.5. The van der Waals surface area contributed by atoms with Crippen molar-refractivity contribution in [1.82, 2.24) is 43.9 Å². The first-order valence-electron chi connectivity index (χ1n) is 14.7. The van der Waals surface area contributed by atoms with Gasteiger partial charge in [0.25, 0.3) is 7.52 Å². The van der Waals surface area contributed by atoms with E-state index < -0.39 is 98.9 Å². The largest absolute Gasteiger partial charge is 0.479 e. The van der Waals surface area contributed by atoms with Crippen LogP contribution in [0.2, 0.25) is 0 Å². The molecule has 6 rings (SSSR count). The van der Waals surface area contributed by atoms with E-state index in [9.17, 15) is 58.3 Å². The van der Waals surface area contributed by atoms with Gasteiger partial charge in [-0.15, -0.1) is 4.86 Å². The number of fused-ring (bicyclic) bond motifs is 2. The maximum Gasteiger partial charge on any atom is 0.479 e. The molecule has 6 heterocycles. The first kappa shape index (κ1) is 39.7. The molecular weight excluding hydrogens is 802 g/mol. The van der Waals surface area contributed by atoms with Crippen molar-refractivity contribution in [2.45, 2.75) is 49.1 Å². The van der Waals surface area contributed by atoms with Crippen molar-refractivity contribution < 1.29 is 81.1 Å². The summed E-state index contributed by atoms with van der Waals surface area (Å²) < 4.78 is 77.3. The Bertz CT molecular complexity index is 2040. The quantitative estimate of drug-likeness (QED) is 0.0573. The van der Waals surface area contributed by atoms with E-state index in [-0.39, 0.29) is 34.0 Å². The lowest BCUT2D eigenvalue weighted by molar-refractivity contribution is -0.0501.